The van der Waals surface area contributed by atoms with Crippen LogP contribution >= 0.6 is 27.7 Å². The van der Waals surface area contributed by atoms with Gasteiger partial charge < -0.3 is 11.5 Å². The number of benzene rings is 1. The maximum Gasteiger partial charge on any atom is 0.269 e. The average molecular weight is 397 g/mol. The van der Waals surface area contributed by atoms with Crippen LogP contribution in [0.5, 0.6) is 0 Å². The van der Waals surface area contributed by atoms with E-state index in [1.165, 1.54) is 6.07 Å². The number of hydrazine groups is 1. The van der Waals surface area contributed by atoms with Crippen LogP contribution in [-0.4, -0.2) is 27.5 Å². The summed E-state index contributed by atoms with van der Waals surface area (Å²) in [6.07, 6.45) is 0. The van der Waals surface area contributed by atoms with Crippen molar-refractivity contribution < 1.29 is 9.59 Å². The van der Waals surface area contributed by atoms with Crippen molar-refractivity contribution >= 4 is 51.1 Å². The SMILES string of the molecule is Nc1cc(N)nc(SCC(=O)NNC(=O)c2ccc(Br)cc2)n1. The van der Waals surface area contributed by atoms with Gasteiger partial charge in [-0.3, -0.25) is 20.4 Å². The Morgan fingerprint density at radius 1 is 1.09 bits per heavy atom. The molecule has 0 bridgehead atoms. The molecule has 0 unspecified atom stereocenters. The van der Waals surface area contributed by atoms with Gasteiger partial charge in [0.05, 0.1) is 5.75 Å². The molecular formula is C13H13BrN6O2S. The molecule has 0 spiro atoms. The van der Waals surface area contributed by atoms with Gasteiger partial charge in [0.15, 0.2) is 5.16 Å². The van der Waals surface area contributed by atoms with Crippen LogP contribution in [-0.2, 0) is 4.79 Å². The van der Waals surface area contributed by atoms with Crippen molar-refractivity contribution in [2.45, 2.75) is 5.16 Å². The first-order chi connectivity index (χ1) is 10.9. The molecule has 6 N–H and O–H groups in total. The summed E-state index contributed by atoms with van der Waals surface area (Å²) in [5.74, 6) is -0.373. The molecule has 2 aromatic rings. The van der Waals surface area contributed by atoms with E-state index >= 15 is 0 Å². The van der Waals surface area contributed by atoms with Gasteiger partial charge in [-0.1, -0.05) is 27.7 Å². The summed E-state index contributed by atoms with van der Waals surface area (Å²) in [7, 11) is 0. The minimum absolute atomic E-state index is 0.00348. The highest BCUT2D eigenvalue weighted by Crippen LogP contribution is 2.15. The molecule has 0 aliphatic rings. The zero-order chi connectivity index (χ0) is 16.8. The molecule has 0 atom stereocenters. The van der Waals surface area contributed by atoms with Crippen molar-refractivity contribution in [2.24, 2.45) is 0 Å². The summed E-state index contributed by atoms with van der Waals surface area (Å²) >= 11 is 4.33. The van der Waals surface area contributed by atoms with Crippen LogP contribution in [0.4, 0.5) is 11.6 Å². The number of thioether (sulfide) groups is 1. The van der Waals surface area contributed by atoms with Crippen LogP contribution in [0.1, 0.15) is 10.4 Å². The van der Waals surface area contributed by atoms with Gasteiger partial charge in [0, 0.05) is 16.1 Å². The largest absolute Gasteiger partial charge is 0.383 e. The van der Waals surface area contributed by atoms with Gasteiger partial charge in [-0.25, -0.2) is 9.97 Å². The third kappa shape index (κ3) is 5.42. The molecule has 0 radical (unpaired) electrons. The summed E-state index contributed by atoms with van der Waals surface area (Å²) in [5.41, 5.74) is 16.1. The molecule has 2 amide bonds. The smallest absolute Gasteiger partial charge is 0.269 e. The van der Waals surface area contributed by atoms with E-state index in [0.717, 1.165) is 16.2 Å². The van der Waals surface area contributed by atoms with Crippen molar-refractivity contribution in [3.63, 3.8) is 0 Å². The molecule has 1 aromatic carbocycles. The Morgan fingerprint density at radius 3 is 2.30 bits per heavy atom. The molecule has 8 nitrogen and oxygen atoms in total. The second kappa shape index (κ2) is 7.79. The number of aromatic nitrogens is 2. The first kappa shape index (κ1) is 17.0. The lowest BCUT2D eigenvalue weighted by Crippen LogP contribution is -2.42. The molecule has 10 heteroatoms. The summed E-state index contributed by atoms with van der Waals surface area (Å²) in [6, 6.07) is 8.14. The maximum atomic E-state index is 11.8. The van der Waals surface area contributed by atoms with Crippen LogP contribution in [0.15, 0.2) is 40.0 Å². The number of nitrogen functional groups attached to an aromatic ring is 2. The molecule has 1 aromatic heterocycles. The Kier molecular flexibility index (Phi) is 5.77. The van der Waals surface area contributed by atoms with Gasteiger partial charge >= 0.3 is 0 Å². The van der Waals surface area contributed by atoms with Gasteiger partial charge in [0.25, 0.3) is 5.91 Å². The highest BCUT2D eigenvalue weighted by molar-refractivity contribution is 9.10. The average Bonchev–Trinajstić information content (AvgIpc) is 2.50. The number of nitrogens with one attached hydrogen (secondary N) is 2. The number of hydrogen-bond donors (Lipinski definition) is 4. The van der Waals surface area contributed by atoms with E-state index in [4.69, 9.17) is 11.5 Å². The molecule has 0 aliphatic carbocycles. The summed E-state index contributed by atoms with van der Waals surface area (Å²) < 4.78 is 0.857. The van der Waals surface area contributed by atoms with E-state index in [0.29, 0.717) is 5.56 Å². The zero-order valence-electron chi connectivity index (χ0n) is 11.7. The Bertz CT molecular complexity index is 705. The summed E-state index contributed by atoms with van der Waals surface area (Å²) in [5, 5.41) is 0.289. The van der Waals surface area contributed by atoms with Gasteiger partial charge in [0.2, 0.25) is 5.91 Å². The van der Waals surface area contributed by atoms with E-state index in [1.54, 1.807) is 24.3 Å². The molecule has 2 rings (SSSR count). The van der Waals surface area contributed by atoms with Crippen molar-refractivity contribution in [1.29, 1.82) is 0 Å². The Hall–Kier alpha value is -2.33. The molecule has 120 valence electrons. The van der Waals surface area contributed by atoms with E-state index in [2.05, 4.69) is 36.7 Å². The van der Waals surface area contributed by atoms with Crippen LogP contribution in [0.2, 0.25) is 0 Å². The molecule has 0 saturated carbocycles. The normalized spacial score (nSPS) is 10.1. The molecule has 0 fully saturated rings. The Morgan fingerprint density at radius 2 is 1.70 bits per heavy atom. The lowest BCUT2D eigenvalue weighted by molar-refractivity contribution is -0.119. The molecular weight excluding hydrogens is 384 g/mol. The number of hydrogen-bond acceptors (Lipinski definition) is 7. The standard InChI is InChI=1S/C13H13BrN6O2S/c14-8-3-1-7(2-4-8)12(22)20-19-11(21)6-23-13-17-9(15)5-10(16)18-13/h1-5H,6H2,(H,19,21)(H,20,22)(H4,15,16,17,18). The molecule has 23 heavy (non-hydrogen) atoms. The molecule has 1 heterocycles. The predicted molar refractivity (Wildman–Crippen MR) is 91.3 cm³/mol. The van der Waals surface area contributed by atoms with Crippen molar-refractivity contribution in [3.05, 3.63) is 40.4 Å². The van der Waals surface area contributed by atoms with E-state index in [-0.39, 0.29) is 22.5 Å². The number of carbonyl (C=O) groups is 2. The highest BCUT2D eigenvalue weighted by Gasteiger charge is 2.09. The molecule has 0 saturated heterocycles. The van der Waals surface area contributed by atoms with E-state index < -0.39 is 11.8 Å². The summed E-state index contributed by atoms with van der Waals surface area (Å²) in [6.45, 7) is 0. The second-order valence-corrected chi connectivity index (χ2v) is 6.16. The van der Waals surface area contributed by atoms with Crippen LogP contribution < -0.4 is 22.3 Å². The third-order valence-electron chi connectivity index (χ3n) is 2.50. The van der Waals surface area contributed by atoms with Crippen molar-refractivity contribution in [3.8, 4) is 0 Å². The molecule has 0 aliphatic heterocycles. The Balaban J connectivity index is 1.80. The number of halogens is 1. The van der Waals surface area contributed by atoms with E-state index in [9.17, 15) is 9.59 Å². The number of carbonyl (C=O) groups excluding carboxylic acids is 2. The maximum absolute atomic E-state index is 11.8. The van der Waals surface area contributed by atoms with Gasteiger partial charge in [-0.15, -0.1) is 0 Å². The fourth-order valence-electron chi connectivity index (χ4n) is 1.49. The van der Waals surface area contributed by atoms with Gasteiger partial charge in [0.1, 0.15) is 11.6 Å². The fourth-order valence-corrected chi connectivity index (χ4v) is 2.43. The Labute approximate surface area is 144 Å². The third-order valence-corrected chi connectivity index (χ3v) is 3.88. The number of nitrogens with zero attached hydrogens (tertiary/aromatic N) is 2. The zero-order valence-corrected chi connectivity index (χ0v) is 14.1. The van der Waals surface area contributed by atoms with Crippen LogP contribution in [0, 0.1) is 0 Å². The van der Waals surface area contributed by atoms with Crippen molar-refractivity contribution in [1.82, 2.24) is 20.8 Å². The second-order valence-electron chi connectivity index (χ2n) is 4.30. The predicted octanol–water partition coefficient (Wildman–Crippen LogP) is 0.957. The highest BCUT2D eigenvalue weighted by atomic mass is 79.9. The van der Waals surface area contributed by atoms with Gasteiger partial charge in [-0.05, 0) is 24.3 Å². The monoisotopic (exact) mass is 396 g/mol. The number of amides is 2. The van der Waals surface area contributed by atoms with Crippen molar-refractivity contribution in [2.75, 3.05) is 17.2 Å². The fraction of sp³-hybridized carbons (Fsp3) is 0.0769. The number of nitrogens with two attached hydrogens (primary N) is 2. The lowest BCUT2D eigenvalue weighted by Gasteiger charge is -2.07. The van der Waals surface area contributed by atoms with Crippen LogP contribution in [0.3, 0.4) is 0 Å². The van der Waals surface area contributed by atoms with Gasteiger partial charge in [-0.2, -0.15) is 0 Å². The quantitative estimate of drug-likeness (QED) is 0.343. The lowest BCUT2D eigenvalue weighted by atomic mass is 10.2. The summed E-state index contributed by atoms with van der Waals surface area (Å²) in [4.78, 5) is 31.4. The van der Waals surface area contributed by atoms with E-state index in [1.807, 2.05) is 0 Å². The first-order valence-electron chi connectivity index (χ1n) is 6.31. The number of rotatable bonds is 4. The minimum atomic E-state index is -0.416. The van der Waals surface area contributed by atoms with Crippen LogP contribution in [0.25, 0.3) is 0 Å². The number of anilines is 2. The topological polar surface area (TPSA) is 136 Å². The minimum Gasteiger partial charge on any atom is -0.383 e. The first-order valence-corrected chi connectivity index (χ1v) is 8.09.